The number of aromatic nitrogens is 2. The molecule has 0 spiro atoms. The molecule has 0 aliphatic heterocycles. The van der Waals surface area contributed by atoms with Gasteiger partial charge in [-0.25, -0.2) is 4.39 Å². The number of ether oxygens (including phenoxy) is 1. The van der Waals surface area contributed by atoms with Gasteiger partial charge in [0, 0.05) is 12.6 Å². The molecule has 1 aromatic heterocycles. The second kappa shape index (κ2) is 4.44. The Morgan fingerprint density at radius 2 is 2.19 bits per heavy atom. The third-order valence-electron chi connectivity index (χ3n) is 2.15. The zero-order chi connectivity index (χ0) is 11.5. The molecule has 0 amide bonds. The van der Waals surface area contributed by atoms with Crippen LogP contribution in [0.25, 0.3) is 11.3 Å². The van der Waals surface area contributed by atoms with Gasteiger partial charge in [-0.15, -0.1) is 0 Å². The van der Waals surface area contributed by atoms with E-state index in [2.05, 4.69) is 14.1 Å². The van der Waals surface area contributed by atoms with Gasteiger partial charge in [0.1, 0.15) is 5.69 Å². The molecule has 0 aliphatic carbocycles. The maximum atomic E-state index is 13.5. The van der Waals surface area contributed by atoms with Crippen molar-refractivity contribution in [1.82, 2.24) is 8.75 Å². The summed E-state index contributed by atoms with van der Waals surface area (Å²) >= 11 is 1.09. The van der Waals surface area contributed by atoms with Gasteiger partial charge in [0.25, 0.3) is 0 Å². The summed E-state index contributed by atoms with van der Waals surface area (Å²) in [6.07, 6.45) is 0. The quantitative estimate of drug-likeness (QED) is 0.893. The van der Waals surface area contributed by atoms with E-state index in [1.54, 1.807) is 19.2 Å². The van der Waals surface area contributed by atoms with E-state index in [0.29, 0.717) is 17.1 Å². The van der Waals surface area contributed by atoms with Crippen molar-refractivity contribution in [1.29, 1.82) is 0 Å². The van der Waals surface area contributed by atoms with Crippen LogP contribution < -0.4 is 10.1 Å². The van der Waals surface area contributed by atoms with Crippen LogP contribution >= 0.6 is 11.7 Å². The number of nitrogens with one attached hydrogen (secondary N) is 1. The number of anilines is 1. The van der Waals surface area contributed by atoms with Crippen LogP contribution in [0.2, 0.25) is 0 Å². The van der Waals surface area contributed by atoms with Crippen LogP contribution in [0, 0.1) is 5.82 Å². The van der Waals surface area contributed by atoms with Crippen molar-refractivity contribution in [3.8, 4) is 17.0 Å². The normalized spacial score (nSPS) is 10.2. The highest BCUT2D eigenvalue weighted by Crippen LogP contribution is 2.28. The number of nitrogens with zero attached hydrogens (tertiary/aromatic N) is 2. The first-order valence-electron chi connectivity index (χ1n) is 4.60. The van der Waals surface area contributed by atoms with E-state index in [1.165, 1.54) is 13.2 Å². The first kappa shape index (κ1) is 10.8. The Kier molecular flexibility index (Phi) is 3.00. The topological polar surface area (TPSA) is 47.0 Å². The predicted molar refractivity (Wildman–Crippen MR) is 61.4 cm³/mol. The summed E-state index contributed by atoms with van der Waals surface area (Å²) < 4.78 is 26.5. The average Bonchev–Trinajstić information content (AvgIpc) is 2.77. The van der Waals surface area contributed by atoms with E-state index >= 15 is 0 Å². The van der Waals surface area contributed by atoms with Gasteiger partial charge in [-0.05, 0) is 18.2 Å². The Morgan fingerprint density at radius 1 is 1.38 bits per heavy atom. The number of hydrogen-bond donors (Lipinski definition) is 1. The fraction of sp³-hybridized carbons (Fsp3) is 0.200. The Labute approximate surface area is 96.4 Å². The molecule has 0 atom stereocenters. The molecular formula is C10H10FN3OS. The van der Waals surface area contributed by atoms with E-state index in [9.17, 15) is 4.39 Å². The molecule has 1 heterocycles. The summed E-state index contributed by atoms with van der Waals surface area (Å²) in [5.74, 6) is 0.461. The molecule has 84 valence electrons. The van der Waals surface area contributed by atoms with Gasteiger partial charge in [-0.3, -0.25) is 0 Å². The van der Waals surface area contributed by atoms with Gasteiger partial charge in [-0.1, -0.05) is 0 Å². The third-order valence-corrected chi connectivity index (χ3v) is 2.68. The second-order valence-electron chi connectivity index (χ2n) is 3.06. The highest BCUT2D eigenvalue weighted by Gasteiger charge is 2.11. The number of benzene rings is 1. The second-order valence-corrected chi connectivity index (χ2v) is 3.59. The molecule has 0 saturated carbocycles. The minimum Gasteiger partial charge on any atom is -0.494 e. The summed E-state index contributed by atoms with van der Waals surface area (Å²) in [5, 5.41) is 2.91. The van der Waals surface area contributed by atoms with Crippen molar-refractivity contribution in [2.75, 3.05) is 19.5 Å². The Hall–Kier alpha value is -1.69. The summed E-state index contributed by atoms with van der Waals surface area (Å²) in [7, 11) is 3.18. The summed E-state index contributed by atoms with van der Waals surface area (Å²) in [6.45, 7) is 0. The predicted octanol–water partition coefficient (Wildman–Crippen LogP) is 2.39. The molecule has 0 bridgehead atoms. The van der Waals surface area contributed by atoms with Crippen molar-refractivity contribution < 1.29 is 9.13 Å². The van der Waals surface area contributed by atoms with Gasteiger partial charge in [0.05, 0.1) is 18.8 Å². The van der Waals surface area contributed by atoms with Gasteiger partial charge in [0.15, 0.2) is 17.4 Å². The number of rotatable bonds is 3. The molecule has 0 fully saturated rings. The lowest BCUT2D eigenvalue weighted by Gasteiger charge is -2.04. The molecule has 0 radical (unpaired) electrons. The minimum absolute atomic E-state index is 0.220. The first-order chi connectivity index (χ1) is 7.76. The van der Waals surface area contributed by atoms with Crippen molar-refractivity contribution in [3.63, 3.8) is 0 Å². The van der Waals surface area contributed by atoms with E-state index in [-0.39, 0.29) is 5.75 Å². The van der Waals surface area contributed by atoms with Crippen LogP contribution in [0.1, 0.15) is 0 Å². The van der Waals surface area contributed by atoms with Crippen molar-refractivity contribution in [3.05, 3.63) is 24.0 Å². The molecule has 6 heteroatoms. The lowest BCUT2D eigenvalue weighted by Crippen LogP contribution is -1.92. The molecule has 2 rings (SSSR count). The Bertz CT molecular complexity index is 501. The van der Waals surface area contributed by atoms with Gasteiger partial charge in [0.2, 0.25) is 0 Å². The SMILES string of the molecule is CNc1nsnc1-c1ccc(OC)c(F)c1. The number of hydrogen-bond acceptors (Lipinski definition) is 5. The van der Waals surface area contributed by atoms with Crippen molar-refractivity contribution in [2.24, 2.45) is 0 Å². The lowest BCUT2D eigenvalue weighted by molar-refractivity contribution is 0.386. The highest BCUT2D eigenvalue weighted by atomic mass is 32.1. The zero-order valence-electron chi connectivity index (χ0n) is 8.82. The van der Waals surface area contributed by atoms with Crippen molar-refractivity contribution in [2.45, 2.75) is 0 Å². The number of halogens is 1. The molecule has 2 aromatic rings. The molecule has 0 aliphatic rings. The van der Waals surface area contributed by atoms with Crippen LogP contribution in [0.3, 0.4) is 0 Å². The average molecular weight is 239 g/mol. The van der Waals surface area contributed by atoms with E-state index < -0.39 is 5.82 Å². The lowest BCUT2D eigenvalue weighted by atomic mass is 10.1. The maximum absolute atomic E-state index is 13.5. The third kappa shape index (κ3) is 1.83. The van der Waals surface area contributed by atoms with Crippen LogP contribution in [-0.4, -0.2) is 22.9 Å². The molecule has 1 N–H and O–H groups in total. The zero-order valence-corrected chi connectivity index (χ0v) is 9.64. The summed E-state index contributed by atoms with van der Waals surface area (Å²) in [6, 6.07) is 4.71. The maximum Gasteiger partial charge on any atom is 0.167 e. The monoisotopic (exact) mass is 239 g/mol. The highest BCUT2D eigenvalue weighted by molar-refractivity contribution is 6.99. The summed E-state index contributed by atoms with van der Waals surface area (Å²) in [4.78, 5) is 0. The van der Waals surface area contributed by atoms with Crippen molar-refractivity contribution >= 4 is 17.5 Å². The molecule has 0 saturated heterocycles. The molecule has 0 unspecified atom stereocenters. The van der Waals surface area contributed by atoms with Crippen LogP contribution in [0.5, 0.6) is 5.75 Å². The van der Waals surface area contributed by atoms with Gasteiger partial charge in [-0.2, -0.15) is 8.75 Å². The van der Waals surface area contributed by atoms with Crippen LogP contribution in [0.4, 0.5) is 10.2 Å². The van der Waals surface area contributed by atoms with E-state index in [4.69, 9.17) is 4.74 Å². The molecule has 4 nitrogen and oxygen atoms in total. The first-order valence-corrected chi connectivity index (χ1v) is 5.33. The largest absolute Gasteiger partial charge is 0.494 e. The fourth-order valence-corrected chi connectivity index (χ4v) is 1.93. The van der Waals surface area contributed by atoms with Crippen LogP contribution in [-0.2, 0) is 0 Å². The standard InChI is InChI=1S/C10H10FN3OS/c1-12-10-9(13-16-14-10)6-3-4-8(15-2)7(11)5-6/h3-5H,1-2H3,(H,12,14). The Balaban J connectivity index is 2.45. The fourth-order valence-electron chi connectivity index (χ4n) is 1.36. The minimum atomic E-state index is -0.407. The van der Waals surface area contributed by atoms with E-state index in [1.807, 2.05) is 0 Å². The Morgan fingerprint density at radius 3 is 2.81 bits per heavy atom. The summed E-state index contributed by atoms with van der Waals surface area (Å²) in [5.41, 5.74) is 1.32. The van der Waals surface area contributed by atoms with Gasteiger partial charge < -0.3 is 10.1 Å². The molecule has 16 heavy (non-hydrogen) atoms. The number of methoxy groups -OCH3 is 1. The smallest absolute Gasteiger partial charge is 0.167 e. The molecule has 1 aromatic carbocycles. The van der Waals surface area contributed by atoms with Gasteiger partial charge >= 0.3 is 0 Å². The van der Waals surface area contributed by atoms with Crippen LogP contribution in [0.15, 0.2) is 18.2 Å². The van der Waals surface area contributed by atoms with E-state index in [0.717, 1.165) is 11.7 Å². The molecular weight excluding hydrogens is 229 g/mol.